The Bertz CT molecular complexity index is 516. The molecule has 2 heterocycles. The van der Waals surface area contributed by atoms with Crippen LogP contribution in [-0.2, 0) is 9.53 Å². The van der Waals surface area contributed by atoms with E-state index in [-0.39, 0.29) is 5.92 Å². The number of nitrogens with zero attached hydrogens (tertiary/aromatic N) is 1. The predicted molar refractivity (Wildman–Crippen MR) is 95.3 cm³/mol. The van der Waals surface area contributed by atoms with Gasteiger partial charge in [0.05, 0.1) is 11.7 Å². The number of amides is 1. The van der Waals surface area contributed by atoms with Gasteiger partial charge in [-0.1, -0.05) is 20.3 Å². The molecule has 5 unspecified atom stereocenters. The Kier molecular flexibility index (Phi) is 4.62. The lowest BCUT2D eigenvalue weighted by Gasteiger charge is -2.46. The number of carbonyl (C=O) groups is 1. The van der Waals surface area contributed by atoms with Crippen LogP contribution in [0.4, 0.5) is 0 Å². The van der Waals surface area contributed by atoms with E-state index in [0.717, 1.165) is 32.4 Å². The fourth-order valence-corrected chi connectivity index (χ4v) is 5.83. The van der Waals surface area contributed by atoms with Crippen molar-refractivity contribution in [3.63, 3.8) is 0 Å². The summed E-state index contributed by atoms with van der Waals surface area (Å²) in [7, 11) is 0. The number of likely N-dealkylation sites (tertiary alicyclic amines) is 1. The van der Waals surface area contributed by atoms with Crippen molar-refractivity contribution in [1.82, 2.24) is 4.90 Å². The first-order chi connectivity index (χ1) is 11.6. The van der Waals surface area contributed by atoms with Gasteiger partial charge in [0, 0.05) is 25.4 Å². The molecule has 1 saturated heterocycles. The van der Waals surface area contributed by atoms with Gasteiger partial charge in [-0.15, -0.1) is 0 Å². The molecular weight excluding hydrogens is 298 g/mol. The van der Waals surface area contributed by atoms with Crippen LogP contribution in [0.15, 0.2) is 11.3 Å². The molecule has 134 valence electrons. The molecule has 0 bridgehead atoms. The smallest absolute Gasteiger partial charge is 0.230 e. The van der Waals surface area contributed by atoms with E-state index < -0.39 is 0 Å². The summed E-state index contributed by atoms with van der Waals surface area (Å²) in [4.78, 5) is 15.8. The van der Waals surface area contributed by atoms with Gasteiger partial charge >= 0.3 is 0 Å². The minimum atomic E-state index is 0.136. The van der Waals surface area contributed by atoms with Crippen molar-refractivity contribution in [3.8, 4) is 0 Å². The van der Waals surface area contributed by atoms with Crippen LogP contribution in [0.25, 0.3) is 0 Å². The number of rotatable bonds is 1. The maximum absolute atomic E-state index is 13.6. The molecule has 0 radical (unpaired) electrons. The molecule has 0 spiro atoms. The zero-order chi connectivity index (χ0) is 16.7. The fourth-order valence-electron chi connectivity index (χ4n) is 5.83. The van der Waals surface area contributed by atoms with E-state index in [4.69, 9.17) is 4.74 Å². The van der Waals surface area contributed by atoms with E-state index in [0.29, 0.717) is 29.8 Å². The van der Waals surface area contributed by atoms with Crippen molar-refractivity contribution in [2.45, 2.75) is 77.7 Å². The highest BCUT2D eigenvalue weighted by Crippen LogP contribution is 2.47. The Morgan fingerprint density at radius 1 is 1.00 bits per heavy atom. The highest BCUT2D eigenvalue weighted by Gasteiger charge is 2.46. The average molecular weight is 332 g/mol. The standard InChI is InChI=1S/C21H33NO2/c1-14-11-15(2)13-22(12-14)21(23)20-16-7-3-5-9-18(16)24-19-10-6-4-8-17(19)20/h14-16,18,20H,3-13H2,1-2H3. The van der Waals surface area contributed by atoms with Crippen LogP contribution >= 0.6 is 0 Å². The molecule has 1 amide bonds. The molecule has 0 aromatic heterocycles. The van der Waals surface area contributed by atoms with E-state index in [1.807, 2.05) is 0 Å². The Hall–Kier alpha value is -0.990. The number of hydrogen-bond acceptors (Lipinski definition) is 2. The monoisotopic (exact) mass is 331 g/mol. The summed E-state index contributed by atoms with van der Waals surface area (Å²) in [6, 6.07) is 0. The molecule has 3 heteroatoms. The summed E-state index contributed by atoms with van der Waals surface area (Å²) in [6.07, 6.45) is 11.1. The second-order valence-corrected chi connectivity index (χ2v) is 8.93. The third-order valence-corrected chi connectivity index (χ3v) is 6.76. The van der Waals surface area contributed by atoms with E-state index in [1.165, 1.54) is 49.9 Å². The van der Waals surface area contributed by atoms with Gasteiger partial charge < -0.3 is 9.64 Å². The van der Waals surface area contributed by atoms with E-state index in [1.54, 1.807) is 0 Å². The topological polar surface area (TPSA) is 29.5 Å². The molecule has 5 atom stereocenters. The largest absolute Gasteiger partial charge is 0.494 e. The summed E-state index contributed by atoms with van der Waals surface area (Å²) in [5.41, 5.74) is 1.39. The lowest BCUT2D eigenvalue weighted by atomic mass is 9.69. The third kappa shape index (κ3) is 2.99. The first-order valence-corrected chi connectivity index (χ1v) is 10.3. The van der Waals surface area contributed by atoms with Gasteiger partial charge in [-0.05, 0) is 62.4 Å². The molecule has 0 aromatic carbocycles. The highest BCUT2D eigenvalue weighted by atomic mass is 16.5. The quantitative estimate of drug-likeness (QED) is 0.707. The maximum Gasteiger partial charge on any atom is 0.230 e. The SMILES string of the molecule is CC1CC(C)CN(C(=O)C2C3=C(CCCC3)OC3CCCCC32)C1. The number of carbonyl (C=O) groups excluding carboxylic acids is 1. The zero-order valence-electron chi connectivity index (χ0n) is 15.4. The Labute approximate surface area is 146 Å². The van der Waals surface area contributed by atoms with E-state index in [2.05, 4.69) is 18.7 Å². The van der Waals surface area contributed by atoms with Crippen molar-refractivity contribution in [2.75, 3.05) is 13.1 Å². The van der Waals surface area contributed by atoms with E-state index in [9.17, 15) is 4.79 Å². The summed E-state index contributed by atoms with van der Waals surface area (Å²) >= 11 is 0. The van der Waals surface area contributed by atoms with Crippen molar-refractivity contribution < 1.29 is 9.53 Å². The number of piperidine rings is 1. The minimum absolute atomic E-state index is 0.136. The van der Waals surface area contributed by atoms with Gasteiger partial charge in [0.15, 0.2) is 0 Å². The fraction of sp³-hybridized carbons (Fsp3) is 0.857. The number of ether oxygens (including phenoxy) is 1. The summed E-state index contributed by atoms with van der Waals surface area (Å²) in [5, 5.41) is 0. The van der Waals surface area contributed by atoms with Gasteiger partial charge in [-0.25, -0.2) is 0 Å². The lowest BCUT2D eigenvalue weighted by Crippen LogP contribution is -2.51. The first kappa shape index (κ1) is 16.5. The van der Waals surface area contributed by atoms with Gasteiger partial charge in [0.2, 0.25) is 5.91 Å². The summed E-state index contributed by atoms with van der Waals surface area (Å²) in [6.45, 7) is 6.52. The molecule has 1 saturated carbocycles. The average Bonchev–Trinajstić information content (AvgIpc) is 2.58. The molecule has 2 aliphatic carbocycles. The Morgan fingerprint density at radius 3 is 2.50 bits per heavy atom. The number of fused-ring (bicyclic) bond motifs is 1. The Morgan fingerprint density at radius 2 is 1.71 bits per heavy atom. The number of allylic oxidation sites excluding steroid dienone is 1. The van der Waals surface area contributed by atoms with Crippen molar-refractivity contribution in [1.29, 1.82) is 0 Å². The lowest BCUT2D eigenvalue weighted by molar-refractivity contribution is -0.143. The zero-order valence-corrected chi connectivity index (χ0v) is 15.4. The molecule has 4 aliphatic rings. The van der Waals surface area contributed by atoms with Crippen molar-refractivity contribution >= 4 is 5.91 Å². The molecule has 4 rings (SSSR count). The first-order valence-electron chi connectivity index (χ1n) is 10.3. The molecule has 3 nitrogen and oxygen atoms in total. The number of hydrogen-bond donors (Lipinski definition) is 0. The van der Waals surface area contributed by atoms with Crippen molar-refractivity contribution in [3.05, 3.63) is 11.3 Å². The van der Waals surface area contributed by atoms with Crippen LogP contribution in [0.2, 0.25) is 0 Å². The molecule has 0 N–H and O–H groups in total. The van der Waals surface area contributed by atoms with Crippen LogP contribution in [-0.4, -0.2) is 30.0 Å². The Balaban J connectivity index is 1.63. The van der Waals surface area contributed by atoms with Gasteiger partial charge in [-0.3, -0.25) is 4.79 Å². The van der Waals surface area contributed by atoms with Crippen LogP contribution in [0, 0.1) is 23.7 Å². The maximum atomic E-state index is 13.6. The van der Waals surface area contributed by atoms with Crippen molar-refractivity contribution in [2.24, 2.45) is 23.7 Å². The van der Waals surface area contributed by atoms with Crippen LogP contribution < -0.4 is 0 Å². The molecule has 2 fully saturated rings. The normalized spacial score (nSPS) is 39.8. The molecule has 0 aromatic rings. The third-order valence-electron chi connectivity index (χ3n) is 6.76. The second-order valence-electron chi connectivity index (χ2n) is 8.93. The molecular formula is C21H33NO2. The summed E-state index contributed by atoms with van der Waals surface area (Å²) in [5.74, 6) is 3.50. The second kappa shape index (κ2) is 6.72. The summed E-state index contributed by atoms with van der Waals surface area (Å²) < 4.78 is 6.41. The van der Waals surface area contributed by atoms with Crippen LogP contribution in [0.3, 0.4) is 0 Å². The van der Waals surface area contributed by atoms with Crippen LogP contribution in [0.1, 0.15) is 71.6 Å². The molecule has 24 heavy (non-hydrogen) atoms. The van der Waals surface area contributed by atoms with Gasteiger partial charge in [0.25, 0.3) is 0 Å². The molecule has 2 aliphatic heterocycles. The van der Waals surface area contributed by atoms with E-state index >= 15 is 0 Å². The minimum Gasteiger partial charge on any atom is -0.494 e. The van der Waals surface area contributed by atoms with Gasteiger partial charge in [-0.2, -0.15) is 0 Å². The predicted octanol–water partition coefficient (Wildman–Crippen LogP) is 4.52. The highest BCUT2D eigenvalue weighted by molar-refractivity contribution is 5.82. The van der Waals surface area contributed by atoms with Crippen LogP contribution in [0.5, 0.6) is 0 Å². The van der Waals surface area contributed by atoms with Gasteiger partial charge in [0.1, 0.15) is 6.10 Å².